The lowest BCUT2D eigenvalue weighted by atomic mass is 10.1. The van der Waals surface area contributed by atoms with Gasteiger partial charge < -0.3 is 9.84 Å². The number of carbonyl (C=O) groups is 1. The third kappa shape index (κ3) is 4.92. The number of halogens is 3. The van der Waals surface area contributed by atoms with Crippen LogP contribution in [0.4, 0.5) is 13.2 Å². The molecule has 2 aromatic carbocycles. The molecular formula is C16H13F3O3S. The first kappa shape index (κ1) is 17.2. The molecule has 0 aliphatic heterocycles. The number of rotatable bonds is 5. The summed E-state index contributed by atoms with van der Waals surface area (Å²) in [6.07, 6.45) is -4.13. The molecule has 0 saturated heterocycles. The highest BCUT2D eigenvalue weighted by atomic mass is 32.2. The lowest BCUT2D eigenvalue weighted by Gasteiger charge is -2.10. The molecule has 0 aliphatic carbocycles. The van der Waals surface area contributed by atoms with Gasteiger partial charge in [0.15, 0.2) is 0 Å². The van der Waals surface area contributed by atoms with Crippen molar-refractivity contribution in [1.29, 1.82) is 0 Å². The van der Waals surface area contributed by atoms with Crippen LogP contribution in [0, 0.1) is 0 Å². The minimum absolute atomic E-state index is 0.255. The number of hydrogen-bond acceptors (Lipinski definition) is 3. The molecule has 2 rings (SSSR count). The van der Waals surface area contributed by atoms with Gasteiger partial charge in [-0.2, -0.15) is 0 Å². The maximum Gasteiger partial charge on any atom is 0.573 e. The number of benzene rings is 2. The van der Waals surface area contributed by atoms with Crippen LogP contribution in [-0.2, 0) is 6.42 Å². The number of hydrogen-bond donors (Lipinski definition) is 1. The Morgan fingerprint density at radius 1 is 1.13 bits per heavy atom. The first-order valence-corrected chi connectivity index (χ1v) is 7.50. The molecule has 0 fully saturated rings. The summed E-state index contributed by atoms with van der Waals surface area (Å²) in [5, 5.41) is 9.09. The molecule has 3 nitrogen and oxygen atoms in total. The molecule has 1 N–H and O–H groups in total. The van der Waals surface area contributed by atoms with Gasteiger partial charge in [0.25, 0.3) is 0 Å². The van der Waals surface area contributed by atoms with Crippen LogP contribution in [-0.4, -0.2) is 17.4 Å². The Bertz CT molecular complexity index is 697. The van der Waals surface area contributed by atoms with Gasteiger partial charge in [0, 0.05) is 9.79 Å². The van der Waals surface area contributed by atoms with Gasteiger partial charge in [-0.1, -0.05) is 18.7 Å². The third-order valence-electron chi connectivity index (χ3n) is 2.98. The lowest BCUT2D eigenvalue weighted by molar-refractivity contribution is -0.274. The van der Waals surface area contributed by atoms with E-state index in [1.807, 2.05) is 6.92 Å². The van der Waals surface area contributed by atoms with Crippen molar-refractivity contribution in [3.8, 4) is 5.75 Å². The standard InChI is InChI=1S/C16H13F3O3S/c1-2-10-9-13(7-8-14(10)15(20)21)23-12-5-3-11(4-6-12)22-16(17,18)19/h3-9H,2H2,1H3,(H,20,21). The van der Waals surface area contributed by atoms with E-state index in [4.69, 9.17) is 5.11 Å². The van der Waals surface area contributed by atoms with Crippen molar-refractivity contribution in [2.75, 3.05) is 0 Å². The normalized spacial score (nSPS) is 11.3. The van der Waals surface area contributed by atoms with Crippen molar-refractivity contribution in [3.63, 3.8) is 0 Å². The van der Waals surface area contributed by atoms with E-state index in [9.17, 15) is 18.0 Å². The molecule has 0 radical (unpaired) electrons. The van der Waals surface area contributed by atoms with Crippen molar-refractivity contribution in [2.24, 2.45) is 0 Å². The van der Waals surface area contributed by atoms with Crippen LogP contribution in [0.1, 0.15) is 22.8 Å². The van der Waals surface area contributed by atoms with E-state index in [-0.39, 0.29) is 11.3 Å². The lowest BCUT2D eigenvalue weighted by Crippen LogP contribution is -2.16. The summed E-state index contributed by atoms with van der Waals surface area (Å²) < 4.78 is 40.1. The first-order valence-electron chi connectivity index (χ1n) is 6.68. The molecule has 0 aromatic heterocycles. The molecule has 0 amide bonds. The Morgan fingerprint density at radius 2 is 1.74 bits per heavy atom. The average Bonchev–Trinajstić information content (AvgIpc) is 2.47. The molecular weight excluding hydrogens is 329 g/mol. The zero-order valence-corrected chi connectivity index (χ0v) is 12.9. The number of aryl methyl sites for hydroxylation is 1. The minimum Gasteiger partial charge on any atom is -0.478 e. The van der Waals surface area contributed by atoms with E-state index < -0.39 is 12.3 Å². The highest BCUT2D eigenvalue weighted by Crippen LogP contribution is 2.31. The second kappa shape index (κ2) is 6.95. The van der Waals surface area contributed by atoms with E-state index in [1.165, 1.54) is 42.1 Å². The number of aromatic carboxylic acids is 1. The van der Waals surface area contributed by atoms with E-state index in [2.05, 4.69) is 4.74 Å². The van der Waals surface area contributed by atoms with Gasteiger partial charge in [-0.15, -0.1) is 13.2 Å². The average molecular weight is 342 g/mol. The van der Waals surface area contributed by atoms with E-state index in [0.29, 0.717) is 12.0 Å². The SMILES string of the molecule is CCc1cc(Sc2ccc(OC(F)(F)F)cc2)ccc1C(=O)O. The van der Waals surface area contributed by atoms with Crippen LogP contribution in [0.25, 0.3) is 0 Å². The van der Waals surface area contributed by atoms with Crippen molar-refractivity contribution >= 4 is 17.7 Å². The summed E-state index contributed by atoms with van der Waals surface area (Å²) in [6, 6.07) is 10.5. The predicted octanol–water partition coefficient (Wildman–Crippen LogP) is 5.00. The Balaban J connectivity index is 2.14. The van der Waals surface area contributed by atoms with Crippen molar-refractivity contribution in [3.05, 3.63) is 53.6 Å². The maximum absolute atomic E-state index is 12.1. The predicted molar refractivity (Wildman–Crippen MR) is 80.0 cm³/mol. The van der Waals surface area contributed by atoms with Crippen LogP contribution >= 0.6 is 11.8 Å². The monoisotopic (exact) mass is 342 g/mol. The van der Waals surface area contributed by atoms with Crippen molar-refractivity contribution in [1.82, 2.24) is 0 Å². The van der Waals surface area contributed by atoms with E-state index >= 15 is 0 Å². The molecule has 0 unspecified atom stereocenters. The fourth-order valence-corrected chi connectivity index (χ4v) is 2.86. The molecule has 0 spiro atoms. The zero-order valence-electron chi connectivity index (χ0n) is 12.1. The van der Waals surface area contributed by atoms with Gasteiger partial charge >= 0.3 is 12.3 Å². The minimum atomic E-state index is -4.71. The third-order valence-corrected chi connectivity index (χ3v) is 3.98. The Hall–Kier alpha value is -2.15. The molecule has 0 saturated carbocycles. The summed E-state index contributed by atoms with van der Waals surface area (Å²) in [5.41, 5.74) is 0.963. The topological polar surface area (TPSA) is 46.5 Å². The summed E-state index contributed by atoms with van der Waals surface area (Å²) in [7, 11) is 0. The van der Waals surface area contributed by atoms with Crippen LogP contribution in [0.2, 0.25) is 0 Å². The Labute approximate surface area is 135 Å². The van der Waals surface area contributed by atoms with Gasteiger partial charge in [-0.05, 0) is 54.4 Å². The molecule has 122 valence electrons. The number of carboxylic acid groups (broad SMARTS) is 1. The summed E-state index contributed by atoms with van der Waals surface area (Å²) in [5.74, 6) is -1.26. The highest BCUT2D eigenvalue weighted by Gasteiger charge is 2.30. The van der Waals surface area contributed by atoms with Gasteiger partial charge in [-0.3, -0.25) is 0 Å². The van der Waals surface area contributed by atoms with Gasteiger partial charge in [0.2, 0.25) is 0 Å². The fraction of sp³-hybridized carbons (Fsp3) is 0.188. The van der Waals surface area contributed by atoms with Gasteiger partial charge in [0.1, 0.15) is 5.75 Å². The molecule has 0 heterocycles. The molecule has 0 atom stereocenters. The summed E-state index contributed by atoms with van der Waals surface area (Å²) in [4.78, 5) is 12.6. The summed E-state index contributed by atoms with van der Waals surface area (Å²) >= 11 is 1.33. The largest absolute Gasteiger partial charge is 0.573 e. The fourth-order valence-electron chi connectivity index (χ4n) is 1.98. The molecule has 7 heteroatoms. The smallest absolute Gasteiger partial charge is 0.478 e. The molecule has 0 aliphatic rings. The number of carboxylic acids is 1. The van der Waals surface area contributed by atoms with Crippen molar-refractivity contribution < 1.29 is 27.8 Å². The first-order chi connectivity index (χ1) is 10.8. The van der Waals surface area contributed by atoms with Gasteiger partial charge in [-0.25, -0.2) is 4.79 Å². The van der Waals surface area contributed by atoms with E-state index in [0.717, 1.165) is 9.79 Å². The summed E-state index contributed by atoms with van der Waals surface area (Å²) in [6.45, 7) is 1.86. The van der Waals surface area contributed by atoms with Crippen molar-refractivity contribution in [2.45, 2.75) is 29.5 Å². The number of ether oxygens (including phenoxy) is 1. The Kier molecular flexibility index (Phi) is 5.20. The molecule has 2 aromatic rings. The highest BCUT2D eigenvalue weighted by molar-refractivity contribution is 7.99. The Morgan fingerprint density at radius 3 is 2.26 bits per heavy atom. The number of alkyl halides is 3. The van der Waals surface area contributed by atoms with Crippen LogP contribution < -0.4 is 4.74 Å². The maximum atomic E-state index is 12.1. The van der Waals surface area contributed by atoms with Crippen LogP contribution in [0.5, 0.6) is 5.75 Å². The van der Waals surface area contributed by atoms with Crippen LogP contribution in [0.3, 0.4) is 0 Å². The van der Waals surface area contributed by atoms with Crippen LogP contribution in [0.15, 0.2) is 52.3 Å². The molecule has 23 heavy (non-hydrogen) atoms. The second-order valence-corrected chi connectivity index (χ2v) is 5.75. The quantitative estimate of drug-likeness (QED) is 0.831. The molecule has 0 bridgehead atoms. The van der Waals surface area contributed by atoms with Gasteiger partial charge in [0.05, 0.1) is 5.56 Å². The van der Waals surface area contributed by atoms with E-state index in [1.54, 1.807) is 12.1 Å². The second-order valence-electron chi connectivity index (χ2n) is 4.60. The zero-order chi connectivity index (χ0) is 17.0.